The SMILES string of the molecule is COc1ccc(OC)c(NS(=O)(=O)c2ccc(NC(=O)C3CCN(Cc4ccccc4)CC3)cc2)c1. The first-order valence-electron chi connectivity index (χ1n) is 11.8. The lowest BCUT2D eigenvalue weighted by molar-refractivity contribution is -0.121. The van der Waals surface area contributed by atoms with Gasteiger partial charge in [0.05, 0.1) is 24.8 Å². The second-order valence-corrected chi connectivity index (χ2v) is 10.4. The maximum absolute atomic E-state index is 12.9. The lowest BCUT2D eigenvalue weighted by Crippen LogP contribution is -2.37. The highest BCUT2D eigenvalue weighted by Gasteiger charge is 2.25. The molecular formula is C27H31N3O5S. The molecule has 36 heavy (non-hydrogen) atoms. The molecule has 0 atom stereocenters. The molecule has 0 spiro atoms. The summed E-state index contributed by atoms with van der Waals surface area (Å²) >= 11 is 0. The molecule has 1 aliphatic rings. The summed E-state index contributed by atoms with van der Waals surface area (Å²) in [5.74, 6) is 0.766. The van der Waals surface area contributed by atoms with Crippen LogP contribution in [0.25, 0.3) is 0 Å². The second-order valence-electron chi connectivity index (χ2n) is 8.72. The van der Waals surface area contributed by atoms with Crippen LogP contribution in [0.3, 0.4) is 0 Å². The summed E-state index contributed by atoms with van der Waals surface area (Å²) in [5.41, 5.74) is 2.10. The standard InChI is InChI=1S/C27H31N3O5S/c1-34-23-10-13-26(35-2)25(18-23)29-36(32,33)24-11-8-22(9-12-24)28-27(31)21-14-16-30(17-15-21)19-20-6-4-3-5-7-20/h3-13,18,21,29H,14-17,19H2,1-2H3,(H,28,31). The molecule has 0 aromatic heterocycles. The topological polar surface area (TPSA) is 97.0 Å². The number of carbonyl (C=O) groups is 1. The summed E-state index contributed by atoms with van der Waals surface area (Å²) in [6.07, 6.45) is 1.58. The number of sulfonamides is 1. The predicted molar refractivity (Wildman–Crippen MR) is 140 cm³/mol. The quantitative estimate of drug-likeness (QED) is 0.445. The minimum Gasteiger partial charge on any atom is -0.497 e. The van der Waals surface area contributed by atoms with Gasteiger partial charge in [0, 0.05) is 24.2 Å². The monoisotopic (exact) mass is 509 g/mol. The van der Waals surface area contributed by atoms with E-state index in [1.807, 2.05) is 18.2 Å². The number of likely N-dealkylation sites (tertiary alicyclic amines) is 1. The zero-order valence-electron chi connectivity index (χ0n) is 20.4. The van der Waals surface area contributed by atoms with Crippen LogP contribution in [0.4, 0.5) is 11.4 Å². The molecule has 1 saturated heterocycles. The van der Waals surface area contributed by atoms with E-state index >= 15 is 0 Å². The van der Waals surface area contributed by atoms with Crippen LogP contribution in [0.5, 0.6) is 11.5 Å². The van der Waals surface area contributed by atoms with E-state index in [1.165, 1.54) is 31.9 Å². The van der Waals surface area contributed by atoms with Gasteiger partial charge in [0.25, 0.3) is 10.0 Å². The van der Waals surface area contributed by atoms with Crippen LogP contribution in [-0.2, 0) is 21.4 Å². The number of carbonyl (C=O) groups excluding carboxylic acids is 1. The lowest BCUT2D eigenvalue weighted by atomic mass is 9.95. The van der Waals surface area contributed by atoms with Gasteiger partial charge in [-0.05, 0) is 67.9 Å². The van der Waals surface area contributed by atoms with E-state index < -0.39 is 10.0 Å². The maximum Gasteiger partial charge on any atom is 0.262 e. The van der Waals surface area contributed by atoms with Crippen LogP contribution in [0.15, 0.2) is 77.7 Å². The van der Waals surface area contributed by atoms with Crippen molar-refractivity contribution in [3.8, 4) is 11.5 Å². The fraction of sp³-hybridized carbons (Fsp3) is 0.296. The smallest absolute Gasteiger partial charge is 0.262 e. The minimum atomic E-state index is -3.87. The van der Waals surface area contributed by atoms with Gasteiger partial charge in [-0.15, -0.1) is 0 Å². The molecule has 0 bridgehead atoms. The highest BCUT2D eigenvalue weighted by molar-refractivity contribution is 7.92. The number of benzene rings is 3. The Morgan fingerprint density at radius 3 is 2.28 bits per heavy atom. The summed E-state index contributed by atoms with van der Waals surface area (Å²) in [5, 5.41) is 2.93. The molecule has 3 aromatic rings. The van der Waals surface area contributed by atoms with Gasteiger partial charge in [-0.3, -0.25) is 14.4 Å². The van der Waals surface area contributed by atoms with Crippen molar-refractivity contribution in [3.05, 3.63) is 78.4 Å². The number of hydrogen-bond donors (Lipinski definition) is 2. The molecule has 0 saturated carbocycles. The van der Waals surface area contributed by atoms with E-state index in [0.29, 0.717) is 17.2 Å². The number of anilines is 2. The van der Waals surface area contributed by atoms with Crippen LogP contribution < -0.4 is 19.5 Å². The van der Waals surface area contributed by atoms with Crippen LogP contribution in [-0.4, -0.2) is 46.5 Å². The Kier molecular flexibility index (Phi) is 8.12. The molecule has 0 radical (unpaired) electrons. The Balaban J connectivity index is 1.33. The number of ether oxygens (including phenoxy) is 2. The minimum absolute atomic E-state index is 0.0378. The molecule has 8 nitrogen and oxygen atoms in total. The van der Waals surface area contributed by atoms with E-state index in [9.17, 15) is 13.2 Å². The Morgan fingerprint density at radius 2 is 1.64 bits per heavy atom. The van der Waals surface area contributed by atoms with Crippen LogP contribution in [0, 0.1) is 5.92 Å². The molecule has 4 rings (SSSR count). The van der Waals surface area contributed by atoms with Gasteiger partial charge in [-0.25, -0.2) is 8.42 Å². The van der Waals surface area contributed by atoms with Crippen molar-refractivity contribution < 1.29 is 22.7 Å². The molecule has 3 aromatic carbocycles. The molecule has 0 unspecified atom stereocenters. The largest absolute Gasteiger partial charge is 0.497 e. The zero-order valence-corrected chi connectivity index (χ0v) is 21.3. The summed E-state index contributed by atoms with van der Waals surface area (Å²) in [4.78, 5) is 15.2. The summed E-state index contributed by atoms with van der Waals surface area (Å²) in [7, 11) is -0.909. The Bertz CT molecular complexity index is 1270. The average Bonchev–Trinajstić information content (AvgIpc) is 2.89. The van der Waals surface area contributed by atoms with Crippen molar-refractivity contribution >= 4 is 27.3 Å². The van der Waals surface area contributed by atoms with E-state index in [1.54, 1.807) is 30.3 Å². The van der Waals surface area contributed by atoms with Crippen molar-refractivity contribution in [1.82, 2.24) is 4.90 Å². The molecule has 9 heteroatoms. The number of piperidine rings is 1. The molecule has 1 aliphatic heterocycles. The molecule has 1 heterocycles. The normalized spacial score (nSPS) is 14.7. The number of nitrogens with one attached hydrogen (secondary N) is 2. The molecule has 190 valence electrons. The van der Waals surface area contributed by atoms with Gasteiger partial charge >= 0.3 is 0 Å². The van der Waals surface area contributed by atoms with Crippen molar-refractivity contribution in [3.63, 3.8) is 0 Å². The Labute approximate surface area is 212 Å². The van der Waals surface area contributed by atoms with E-state index in [2.05, 4.69) is 27.1 Å². The predicted octanol–water partition coefficient (Wildman–Crippen LogP) is 4.36. The fourth-order valence-electron chi connectivity index (χ4n) is 4.25. The molecular weight excluding hydrogens is 478 g/mol. The number of nitrogens with zero attached hydrogens (tertiary/aromatic N) is 1. The van der Waals surface area contributed by atoms with Crippen molar-refractivity contribution in [1.29, 1.82) is 0 Å². The lowest BCUT2D eigenvalue weighted by Gasteiger charge is -2.31. The maximum atomic E-state index is 12.9. The van der Waals surface area contributed by atoms with Crippen molar-refractivity contribution in [2.45, 2.75) is 24.3 Å². The van der Waals surface area contributed by atoms with Gasteiger partial charge in [0.2, 0.25) is 5.91 Å². The second kappa shape index (κ2) is 11.5. The first-order chi connectivity index (χ1) is 17.4. The van der Waals surface area contributed by atoms with Crippen LogP contribution >= 0.6 is 0 Å². The van der Waals surface area contributed by atoms with Crippen LogP contribution in [0.1, 0.15) is 18.4 Å². The van der Waals surface area contributed by atoms with Gasteiger partial charge in [0.1, 0.15) is 11.5 Å². The van der Waals surface area contributed by atoms with Gasteiger partial charge < -0.3 is 14.8 Å². The van der Waals surface area contributed by atoms with Crippen LogP contribution in [0.2, 0.25) is 0 Å². The van der Waals surface area contributed by atoms with E-state index in [-0.39, 0.29) is 22.4 Å². The first-order valence-corrected chi connectivity index (χ1v) is 13.3. The van der Waals surface area contributed by atoms with Crippen molar-refractivity contribution in [2.75, 3.05) is 37.3 Å². The van der Waals surface area contributed by atoms with Crippen molar-refractivity contribution in [2.24, 2.45) is 5.92 Å². The fourth-order valence-corrected chi connectivity index (χ4v) is 5.32. The number of amides is 1. The first kappa shape index (κ1) is 25.5. The molecule has 2 N–H and O–H groups in total. The number of hydrogen-bond acceptors (Lipinski definition) is 6. The third-order valence-corrected chi connectivity index (χ3v) is 7.67. The molecule has 1 fully saturated rings. The van der Waals surface area contributed by atoms with Gasteiger partial charge in [-0.2, -0.15) is 0 Å². The third-order valence-electron chi connectivity index (χ3n) is 6.29. The summed E-state index contributed by atoms with van der Waals surface area (Å²) in [6.45, 7) is 2.62. The molecule has 1 amide bonds. The summed E-state index contributed by atoms with van der Waals surface area (Å²) in [6, 6.07) is 21.3. The van der Waals surface area contributed by atoms with Gasteiger partial charge in [0.15, 0.2) is 0 Å². The highest BCUT2D eigenvalue weighted by atomic mass is 32.2. The van der Waals surface area contributed by atoms with E-state index in [4.69, 9.17) is 9.47 Å². The van der Waals surface area contributed by atoms with Gasteiger partial charge in [-0.1, -0.05) is 30.3 Å². The Morgan fingerprint density at radius 1 is 0.944 bits per heavy atom. The third kappa shape index (κ3) is 6.35. The highest BCUT2D eigenvalue weighted by Crippen LogP contribution is 2.31. The zero-order chi connectivity index (χ0) is 25.5. The Hall–Kier alpha value is -3.56. The average molecular weight is 510 g/mol. The number of rotatable bonds is 9. The summed E-state index contributed by atoms with van der Waals surface area (Å²) < 4.78 is 38.8. The molecule has 0 aliphatic carbocycles. The van der Waals surface area contributed by atoms with E-state index in [0.717, 1.165) is 32.5 Å². The number of methoxy groups -OCH3 is 2.